The van der Waals surface area contributed by atoms with Crippen molar-refractivity contribution in [1.82, 2.24) is 0 Å². The van der Waals surface area contributed by atoms with Crippen molar-refractivity contribution in [3.05, 3.63) is 0 Å². The molecule has 0 aromatic carbocycles. The summed E-state index contributed by atoms with van der Waals surface area (Å²) in [4.78, 5) is 0. The van der Waals surface area contributed by atoms with Gasteiger partial charge in [0.05, 0.1) is 0 Å². The van der Waals surface area contributed by atoms with Gasteiger partial charge in [-0.05, 0) is 0 Å². The molecule has 1 aliphatic heterocycles. The molecule has 1 heterocycles. The first-order valence-electron chi connectivity index (χ1n) is 0.742. The van der Waals surface area contributed by atoms with E-state index in [9.17, 15) is 0 Å². The van der Waals surface area contributed by atoms with Crippen LogP contribution in [-0.4, -0.2) is 0 Å². The van der Waals surface area contributed by atoms with Crippen LogP contribution >= 0.6 is 21.4 Å². The van der Waals surface area contributed by atoms with E-state index in [1.807, 2.05) is 0 Å². The third-order valence-corrected chi connectivity index (χ3v) is 1.22. The van der Waals surface area contributed by atoms with Crippen molar-refractivity contribution < 1.29 is 7.94 Å². The Bertz CT molecular complexity index is 14.0. The Balaban J connectivity index is 2.00. The molecule has 24 valence electrons. The molecule has 4 heteroatoms. The molecule has 0 aliphatic carbocycles. The van der Waals surface area contributed by atoms with E-state index < -0.39 is 0 Å². The van der Waals surface area contributed by atoms with E-state index in [0.29, 0.717) is 0 Å². The third kappa shape index (κ3) is 0.353. The Kier molecular flexibility index (Phi) is 0.889. The van der Waals surface area contributed by atoms with Crippen molar-refractivity contribution in [3.8, 4) is 0 Å². The van der Waals surface area contributed by atoms with E-state index in [2.05, 4.69) is 7.94 Å². The largest absolute Gasteiger partial charge is 0.240 e. The quantitative estimate of drug-likeness (QED) is 0.332. The second-order valence-corrected chi connectivity index (χ2v) is 1.95. The molecule has 0 atom stereocenters. The summed E-state index contributed by atoms with van der Waals surface area (Å²) in [7, 11) is 0.284. The lowest BCUT2D eigenvalue weighted by atomic mass is 15.7. The van der Waals surface area contributed by atoms with Gasteiger partial charge in [0.1, 0.15) is 0 Å². The van der Waals surface area contributed by atoms with Gasteiger partial charge in [0.25, 0.3) is 0 Å². The van der Waals surface area contributed by atoms with Gasteiger partial charge < -0.3 is 0 Å². The summed E-state index contributed by atoms with van der Waals surface area (Å²) >= 11 is 1.05. The zero-order chi connectivity index (χ0) is 2.83. The molecule has 0 saturated carbocycles. The zero-order valence-electron chi connectivity index (χ0n) is 1.72. The molecule has 1 fully saturated rings. The molecular weight excluding hydrogens is 95.0 g/mol. The summed E-state index contributed by atoms with van der Waals surface area (Å²) in [6, 6.07) is 0. The molecule has 0 radical (unpaired) electrons. The fourth-order valence-electron chi connectivity index (χ4n) is 0.0340. The smallest absolute Gasteiger partial charge is 0.188 e. The van der Waals surface area contributed by atoms with Crippen LogP contribution in [0.5, 0.6) is 0 Å². The minimum absolute atomic E-state index is 0.284. The Morgan fingerprint density at radius 1 is 1.50 bits per heavy atom. The van der Waals surface area contributed by atoms with Crippen LogP contribution in [0.15, 0.2) is 0 Å². The highest BCUT2D eigenvalue weighted by Crippen LogP contribution is 2.39. The second kappa shape index (κ2) is 1.22. The molecular formula is HO2PS. The Labute approximate surface area is 30.2 Å². The van der Waals surface area contributed by atoms with Crippen LogP contribution in [0.2, 0.25) is 0 Å². The highest BCUT2D eigenvalue weighted by atomic mass is 32.2. The van der Waals surface area contributed by atoms with Crippen LogP contribution in [0.4, 0.5) is 0 Å². The molecule has 0 bridgehead atoms. The summed E-state index contributed by atoms with van der Waals surface area (Å²) in [5, 5.41) is 0. The van der Waals surface area contributed by atoms with Gasteiger partial charge in [-0.2, -0.15) is 0 Å². The van der Waals surface area contributed by atoms with Gasteiger partial charge >= 0.3 is 0 Å². The summed E-state index contributed by atoms with van der Waals surface area (Å²) in [6.45, 7) is 0. The lowest BCUT2D eigenvalue weighted by Crippen LogP contribution is -1.70. The summed E-state index contributed by atoms with van der Waals surface area (Å²) in [6.07, 6.45) is 0. The summed E-state index contributed by atoms with van der Waals surface area (Å²) < 4.78 is 8.89. The molecule has 0 aromatic heterocycles. The SMILES string of the molecule is O1POS1. The van der Waals surface area contributed by atoms with Crippen LogP contribution in [0.1, 0.15) is 0 Å². The molecule has 0 unspecified atom stereocenters. The maximum Gasteiger partial charge on any atom is 0.188 e. The zero-order valence-corrected chi connectivity index (χ0v) is 3.54. The van der Waals surface area contributed by atoms with Crippen LogP contribution < -0.4 is 0 Å². The van der Waals surface area contributed by atoms with Crippen molar-refractivity contribution >= 4 is 21.4 Å². The van der Waals surface area contributed by atoms with Crippen LogP contribution in [0.3, 0.4) is 0 Å². The monoisotopic (exact) mass is 95.9 g/mol. The van der Waals surface area contributed by atoms with Crippen molar-refractivity contribution in [2.24, 2.45) is 0 Å². The lowest BCUT2D eigenvalue weighted by molar-refractivity contribution is 0.493. The first-order valence-corrected chi connectivity index (χ1v) is 2.22. The van der Waals surface area contributed by atoms with Gasteiger partial charge in [0, 0.05) is 0 Å². The van der Waals surface area contributed by atoms with Gasteiger partial charge in [0.2, 0.25) is 0 Å². The fourth-order valence-corrected chi connectivity index (χ4v) is 0.306. The van der Waals surface area contributed by atoms with Crippen molar-refractivity contribution in [1.29, 1.82) is 0 Å². The molecule has 1 rings (SSSR count). The van der Waals surface area contributed by atoms with Gasteiger partial charge in [-0.25, -0.2) is 7.94 Å². The van der Waals surface area contributed by atoms with E-state index in [4.69, 9.17) is 0 Å². The topological polar surface area (TPSA) is 18.5 Å². The molecule has 0 spiro atoms. The molecule has 1 saturated heterocycles. The highest BCUT2D eigenvalue weighted by molar-refractivity contribution is 7.99. The van der Waals surface area contributed by atoms with E-state index in [0.717, 1.165) is 12.3 Å². The molecule has 0 amide bonds. The predicted molar refractivity (Wildman–Crippen MR) is 18.1 cm³/mol. The van der Waals surface area contributed by atoms with Crippen molar-refractivity contribution in [2.75, 3.05) is 0 Å². The minimum atomic E-state index is 0.284. The fraction of sp³-hybridized carbons (Fsp3) is 0. The Morgan fingerprint density at radius 3 is 1.75 bits per heavy atom. The molecule has 1 aliphatic rings. The summed E-state index contributed by atoms with van der Waals surface area (Å²) in [5.74, 6) is 0. The number of rotatable bonds is 0. The average molecular weight is 96.0 g/mol. The van der Waals surface area contributed by atoms with Gasteiger partial charge in [-0.15, -0.1) is 0 Å². The van der Waals surface area contributed by atoms with E-state index in [-0.39, 0.29) is 9.03 Å². The van der Waals surface area contributed by atoms with Gasteiger partial charge in [-0.3, -0.25) is 0 Å². The maximum atomic E-state index is 4.44. The lowest BCUT2D eigenvalue weighted by Gasteiger charge is -2.04. The van der Waals surface area contributed by atoms with Crippen molar-refractivity contribution in [2.45, 2.75) is 0 Å². The minimum Gasteiger partial charge on any atom is -0.240 e. The number of hydrogen-bond donors (Lipinski definition) is 0. The normalized spacial score (nSPS) is 24.0. The molecule has 0 aromatic rings. The molecule has 4 heavy (non-hydrogen) atoms. The first kappa shape index (κ1) is 2.91. The maximum absolute atomic E-state index is 4.44. The Hall–Kier alpha value is 0.700. The first-order chi connectivity index (χ1) is 2.00. The second-order valence-electron chi connectivity index (χ2n) is 0.318. The van der Waals surface area contributed by atoms with Gasteiger partial charge in [0.15, 0.2) is 21.4 Å². The van der Waals surface area contributed by atoms with Gasteiger partial charge in [-0.1, -0.05) is 0 Å². The standard InChI is InChI=1S/HO2PS/c1-3-2-4-1/h3H. The highest BCUT2D eigenvalue weighted by Gasteiger charge is 1.98. The van der Waals surface area contributed by atoms with Crippen molar-refractivity contribution in [3.63, 3.8) is 0 Å². The van der Waals surface area contributed by atoms with E-state index in [1.54, 1.807) is 0 Å². The predicted octanol–water partition coefficient (Wildman–Crippen LogP) is 1.10. The molecule has 0 N–H and O–H groups in total. The van der Waals surface area contributed by atoms with E-state index in [1.165, 1.54) is 0 Å². The Morgan fingerprint density at radius 2 is 1.75 bits per heavy atom. The molecule has 2 nitrogen and oxygen atoms in total. The van der Waals surface area contributed by atoms with Crippen LogP contribution in [0, 0.1) is 0 Å². The van der Waals surface area contributed by atoms with E-state index >= 15 is 0 Å². The summed E-state index contributed by atoms with van der Waals surface area (Å²) in [5.41, 5.74) is 0. The average Bonchev–Trinajstić information content (AvgIpc) is 0.722. The third-order valence-electron chi connectivity index (χ3n) is 0.136. The van der Waals surface area contributed by atoms with Crippen LogP contribution in [-0.2, 0) is 7.94 Å². The number of hydrogen-bond acceptors (Lipinski definition) is 3. The van der Waals surface area contributed by atoms with Crippen LogP contribution in [0.25, 0.3) is 0 Å².